The summed E-state index contributed by atoms with van der Waals surface area (Å²) >= 11 is 0. The van der Waals surface area contributed by atoms with Crippen molar-refractivity contribution in [3.63, 3.8) is 0 Å². The molecule has 1 aromatic heterocycles. The summed E-state index contributed by atoms with van der Waals surface area (Å²) in [5, 5.41) is 8.46. The second kappa shape index (κ2) is 8.09. The van der Waals surface area contributed by atoms with Crippen molar-refractivity contribution in [1.82, 2.24) is 0 Å². The van der Waals surface area contributed by atoms with Crippen molar-refractivity contribution in [2.45, 2.75) is 19.3 Å². The zero-order valence-corrected chi connectivity index (χ0v) is 22.0. The van der Waals surface area contributed by atoms with Gasteiger partial charge in [0.05, 0.1) is 5.69 Å². The Hall–Kier alpha value is -4.82. The van der Waals surface area contributed by atoms with Gasteiger partial charge in [0, 0.05) is 33.5 Å². The van der Waals surface area contributed by atoms with Gasteiger partial charge in [-0.05, 0) is 68.9 Å². The lowest BCUT2D eigenvalue weighted by Crippen LogP contribution is -2.15. The monoisotopic (exact) mass is 501 g/mol. The molecule has 0 spiro atoms. The van der Waals surface area contributed by atoms with Crippen LogP contribution in [-0.2, 0) is 5.41 Å². The van der Waals surface area contributed by atoms with E-state index in [2.05, 4.69) is 140 Å². The number of fused-ring (bicyclic) bond motifs is 7. The SMILES string of the molecule is CC1(C)c2ccccc2-c2ccc(Nc3cc4oc5cc6ccccc6cc5c4cc3-c3ccccc3)cc21. The normalized spacial score (nSPS) is 13.6. The number of benzene rings is 6. The molecule has 7 aromatic rings. The Morgan fingerprint density at radius 1 is 0.538 bits per heavy atom. The Morgan fingerprint density at radius 2 is 1.21 bits per heavy atom. The highest BCUT2D eigenvalue weighted by Gasteiger charge is 2.35. The molecular weight excluding hydrogens is 474 g/mol. The van der Waals surface area contributed by atoms with Crippen LogP contribution in [0.3, 0.4) is 0 Å². The summed E-state index contributed by atoms with van der Waals surface area (Å²) in [6.45, 7) is 4.64. The maximum Gasteiger partial charge on any atom is 0.137 e. The molecule has 1 aliphatic rings. The van der Waals surface area contributed by atoms with Crippen LogP contribution in [-0.4, -0.2) is 0 Å². The van der Waals surface area contributed by atoms with E-state index in [1.807, 2.05) is 0 Å². The van der Waals surface area contributed by atoms with Gasteiger partial charge in [-0.25, -0.2) is 0 Å². The van der Waals surface area contributed by atoms with Crippen LogP contribution in [0.5, 0.6) is 0 Å². The summed E-state index contributed by atoms with van der Waals surface area (Å²) in [4.78, 5) is 0. The first-order valence-electron chi connectivity index (χ1n) is 13.5. The van der Waals surface area contributed by atoms with Gasteiger partial charge in [0.2, 0.25) is 0 Å². The Bertz CT molecular complexity index is 2060. The molecule has 2 heteroatoms. The van der Waals surface area contributed by atoms with Crippen molar-refractivity contribution in [2.24, 2.45) is 0 Å². The summed E-state index contributed by atoms with van der Waals surface area (Å²) in [6.07, 6.45) is 0. The average Bonchev–Trinajstić information content (AvgIpc) is 3.42. The third kappa shape index (κ3) is 3.35. The van der Waals surface area contributed by atoms with Gasteiger partial charge in [-0.1, -0.05) is 98.8 Å². The quantitative estimate of drug-likeness (QED) is 0.260. The Morgan fingerprint density at radius 3 is 2.05 bits per heavy atom. The average molecular weight is 502 g/mol. The van der Waals surface area contributed by atoms with Crippen molar-refractivity contribution in [3.8, 4) is 22.3 Å². The molecule has 39 heavy (non-hydrogen) atoms. The molecule has 0 amide bonds. The second-order valence-corrected chi connectivity index (χ2v) is 11.1. The summed E-state index contributed by atoms with van der Waals surface area (Å²) in [5.74, 6) is 0. The minimum Gasteiger partial charge on any atom is -0.456 e. The minimum atomic E-state index is -0.0451. The topological polar surface area (TPSA) is 25.2 Å². The predicted molar refractivity (Wildman–Crippen MR) is 164 cm³/mol. The number of nitrogens with one attached hydrogen (secondary N) is 1. The second-order valence-electron chi connectivity index (χ2n) is 11.1. The maximum atomic E-state index is 6.44. The van der Waals surface area contributed by atoms with E-state index >= 15 is 0 Å². The van der Waals surface area contributed by atoms with Crippen molar-refractivity contribution < 1.29 is 4.42 Å². The first-order valence-corrected chi connectivity index (χ1v) is 13.5. The molecule has 1 N–H and O–H groups in total. The molecule has 2 nitrogen and oxygen atoms in total. The van der Waals surface area contributed by atoms with E-state index < -0.39 is 0 Å². The van der Waals surface area contributed by atoms with Gasteiger partial charge in [0.1, 0.15) is 11.2 Å². The van der Waals surface area contributed by atoms with E-state index in [0.29, 0.717) is 0 Å². The molecule has 0 atom stereocenters. The van der Waals surface area contributed by atoms with Gasteiger partial charge >= 0.3 is 0 Å². The lowest BCUT2D eigenvalue weighted by atomic mass is 9.82. The van der Waals surface area contributed by atoms with E-state index in [1.165, 1.54) is 38.6 Å². The van der Waals surface area contributed by atoms with Crippen molar-refractivity contribution in [2.75, 3.05) is 5.32 Å². The van der Waals surface area contributed by atoms with E-state index in [9.17, 15) is 0 Å². The number of rotatable bonds is 3. The highest BCUT2D eigenvalue weighted by atomic mass is 16.3. The fourth-order valence-corrected chi connectivity index (χ4v) is 6.41. The molecule has 186 valence electrons. The number of hydrogen-bond acceptors (Lipinski definition) is 2. The number of hydrogen-bond donors (Lipinski definition) is 1. The van der Waals surface area contributed by atoms with Crippen LogP contribution in [0.2, 0.25) is 0 Å². The van der Waals surface area contributed by atoms with Crippen LogP contribution >= 0.6 is 0 Å². The molecule has 1 aliphatic carbocycles. The maximum absolute atomic E-state index is 6.44. The molecule has 1 heterocycles. The Balaban J connectivity index is 1.30. The Labute approximate surface area is 227 Å². The van der Waals surface area contributed by atoms with Gasteiger partial charge in [-0.3, -0.25) is 0 Å². The smallest absolute Gasteiger partial charge is 0.137 e. The van der Waals surface area contributed by atoms with E-state index in [4.69, 9.17) is 4.42 Å². The van der Waals surface area contributed by atoms with E-state index in [1.54, 1.807) is 0 Å². The van der Waals surface area contributed by atoms with Crippen molar-refractivity contribution >= 4 is 44.1 Å². The molecule has 0 radical (unpaired) electrons. The summed E-state index contributed by atoms with van der Waals surface area (Å²) in [7, 11) is 0. The standard InChI is InChI=1S/C37H27NO/c1-37(2)32-15-9-8-14-27(32)28-17-16-26(20-33(28)37)38-34-22-36-31(21-29(34)23-10-4-3-5-11-23)30-18-24-12-6-7-13-25(24)19-35(30)39-36/h3-22,38H,1-2H3. The molecule has 0 saturated heterocycles. The first-order chi connectivity index (χ1) is 19.1. The van der Waals surface area contributed by atoms with Crippen LogP contribution in [0.1, 0.15) is 25.0 Å². The van der Waals surface area contributed by atoms with Gasteiger partial charge < -0.3 is 9.73 Å². The number of furan rings is 1. The predicted octanol–water partition coefficient (Wildman–Crippen LogP) is 10.5. The number of anilines is 2. The third-order valence-corrected chi connectivity index (χ3v) is 8.43. The molecule has 8 rings (SSSR count). The van der Waals surface area contributed by atoms with Gasteiger partial charge in [-0.2, -0.15) is 0 Å². The van der Waals surface area contributed by atoms with Crippen molar-refractivity contribution in [3.05, 3.63) is 132 Å². The van der Waals surface area contributed by atoms with E-state index in [0.717, 1.165) is 38.9 Å². The minimum absolute atomic E-state index is 0.0451. The Kier molecular flexibility index (Phi) is 4.60. The zero-order chi connectivity index (χ0) is 26.1. The van der Waals surface area contributed by atoms with Gasteiger partial charge in [0.25, 0.3) is 0 Å². The highest BCUT2D eigenvalue weighted by molar-refractivity contribution is 6.12. The van der Waals surface area contributed by atoms with Crippen LogP contribution < -0.4 is 5.32 Å². The van der Waals surface area contributed by atoms with Gasteiger partial charge in [-0.15, -0.1) is 0 Å². The molecule has 0 bridgehead atoms. The fraction of sp³-hybridized carbons (Fsp3) is 0.0811. The molecule has 0 aliphatic heterocycles. The van der Waals surface area contributed by atoms with Crippen molar-refractivity contribution in [1.29, 1.82) is 0 Å². The summed E-state index contributed by atoms with van der Waals surface area (Å²) < 4.78 is 6.44. The lowest BCUT2D eigenvalue weighted by molar-refractivity contribution is 0.660. The largest absolute Gasteiger partial charge is 0.456 e. The molecule has 0 fully saturated rings. The highest BCUT2D eigenvalue weighted by Crippen LogP contribution is 2.49. The zero-order valence-electron chi connectivity index (χ0n) is 22.0. The lowest BCUT2D eigenvalue weighted by Gasteiger charge is -2.22. The van der Waals surface area contributed by atoms with Crippen LogP contribution in [0.25, 0.3) is 55.0 Å². The van der Waals surface area contributed by atoms with Crippen LogP contribution in [0, 0.1) is 0 Å². The first kappa shape index (κ1) is 22.2. The third-order valence-electron chi connectivity index (χ3n) is 8.43. The summed E-state index contributed by atoms with van der Waals surface area (Å²) in [6, 6.07) is 43.5. The van der Waals surface area contributed by atoms with Crippen LogP contribution in [0.15, 0.2) is 126 Å². The van der Waals surface area contributed by atoms with E-state index in [-0.39, 0.29) is 5.41 Å². The molecule has 0 unspecified atom stereocenters. The summed E-state index contributed by atoms with van der Waals surface area (Å²) in [5.41, 5.74) is 11.6. The fourth-order valence-electron chi connectivity index (χ4n) is 6.41. The molecular formula is C37H27NO. The van der Waals surface area contributed by atoms with Crippen LogP contribution in [0.4, 0.5) is 11.4 Å². The molecule has 6 aromatic carbocycles. The van der Waals surface area contributed by atoms with Gasteiger partial charge in [0.15, 0.2) is 0 Å². The molecule has 0 saturated carbocycles.